The maximum Gasteiger partial charge on any atom is 0.434 e. The van der Waals surface area contributed by atoms with Crippen molar-refractivity contribution in [2.45, 2.75) is 38.4 Å². The summed E-state index contributed by atoms with van der Waals surface area (Å²) in [5.41, 5.74) is 0.466. The molecule has 0 radical (unpaired) electrons. The number of nitrogens with zero attached hydrogens (tertiary/aromatic N) is 4. The van der Waals surface area contributed by atoms with Crippen molar-refractivity contribution in [3.8, 4) is 21.7 Å². The maximum atomic E-state index is 13.7. The molecule has 0 bridgehead atoms. The molecule has 47 heavy (non-hydrogen) atoms. The van der Waals surface area contributed by atoms with E-state index in [2.05, 4.69) is 25.9 Å². The lowest BCUT2D eigenvalue weighted by atomic mass is 9.98. The Morgan fingerprint density at radius 1 is 1.11 bits per heavy atom. The fraction of sp³-hybridized carbons (Fsp3) is 0.406. The molecule has 3 N–H and O–H groups in total. The van der Waals surface area contributed by atoms with Crippen LogP contribution in [0.25, 0.3) is 32.6 Å². The number of fused-ring (bicyclic) bond motifs is 1. The summed E-state index contributed by atoms with van der Waals surface area (Å²) < 4.78 is 48.1. The number of benzene rings is 1. The number of likely N-dealkylation sites (N-methyl/N-ethyl adjacent to an activating group) is 1. The molecule has 0 spiro atoms. The van der Waals surface area contributed by atoms with E-state index >= 15 is 0 Å². The van der Waals surface area contributed by atoms with Gasteiger partial charge in [-0.05, 0) is 57.1 Å². The molecule has 1 aliphatic rings. The van der Waals surface area contributed by atoms with E-state index in [0.717, 1.165) is 16.7 Å². The van der Waals surface area contributed by atoms with Gasteiger partial charge in [0, 0.05) is 73.2 Å². The highest BCUT2D eigenvalue weighted by molar-refractivity contribution is 7.13. The van der Waals surface area contributed by atoms with Gasteiger partial charge in [-0.25, -0.2) is 14.8 Å². The van der Waals surface area contributed by atoms with Gasteiger partial charge < -0.3 is 24.8 Å². The molecule has 0 unspecified atom stereocenters. The van der Waals surface area contributed by atoms with Gasteiger partial charge in [-0.15, -0.1) is 11.3 Å². The Hall–Kier alpha value is -4.34. The Balaban J connectivity index is 1.63. The van der Waals surface area contributed by atoms with Crippen LogP contribution in [0.15, 0.2) is 46.8 Å². The van der Waals surface area contributed by atoms with Gasteiger partial charge in [0.2, 0.25) is 5.43 Å². The number of alkyl halides is 3. The first-order valence-corrected chi connectivity index (χ1v) is 16.1. The number of urea groups is 1. The van der Waals surface area contributed by atoms with Crippen LogP contribution in [-0.2, 0) is 10.9 Å². The lowest BCUT2D eigenvalue weighted by molar-refractivity contribution is -0.140. The molecule has 3 amide bonds. The Morgan fingerprint density at radius 3 is 2.55 bits per heavy atom. The molecule has 0 atom stereocenters. The third-order valence-corrected chi connectivity index (χ3v) is 8.60. The van der Waals surface area contributed by atoms with Gasteiger partial charge in [-0.3, -0.25) is 14.9 Å². The van der Waals surface area contributed by atoms with Crippen LogP contribution in [-0.4, -0.2) is 78.3 Å². The van der Waals surface area contributed by atoms with E-state index in [1.807, 2.05) is 30.5 Å². The van der Waals surface area contributed by atoms with Crippen molar-refractivity contribution >= 4 is 40.0 Å². The Bertz CT molecular complexity index is 1820. The van der Waals surface area contributed by atoms with Crippen molar-refractivity contribution in [1.29, 1.82) is 0 Å². The average molecular weight is 672 g/mol. The van der Waals surface area contributed by atoms with Crippen LogP contribution in [0.5, 0.6) is 0 Å². The minimum atomic E-state index is -4.64. The topological polar surface area (TPSA) is 130 Å². The number of nitrogens with one attached hydrogen (secondary N) is 3. The van der Waals surface area contributed by atoms with E-state index in [0.29, 0.717) is 79.7 Å². The average Bonchev–Trinajstić information content (AvgIpc) is 3.55. The highest BCUT2D eigenvalue weighted by Crippen LogP contribution is 2.39. The number of thiazole rings is 1. The van der Waals surface area contributed by atoms with Crippen LogP contribution in [0.4, 0.5) is 23.8 Å². The van der Waals surface area contributed by atoms with E-state index in [4.69, 9.17) is 4.74 Å². The molecule has 5 rings (SSSR count). The molecule has 1 aliphatic heterocycles. The van der Waals surface area contributed by atoms with Crippen molar-refractivity contribution in [2.75, 3.05) is 52.3 Å². The standard InChI is InChI=1S/C32H36F3N7O4S/c1-4-9-37-31(45)40-27-15-22(30-39-26(18-47-30)32(33,34)35)23(16-38-27)19-5-6-21-25(14-19)42(20-7-12-46-13-8-20)17-24(28(21)43)29(44)36-10-11-41(2)3/h5-6,14-18,20H,4,7-13H2,1-3H3,(H,36,44)(H2,37,38,40,45). The van der Waals surface area contributed by atoms with E-state index in [1.165, 1.54) is 12.3 Å². The molecule has 250 valence electrons. The summed E-state index contributed by atoms with van der Waals surface area (Å²) in [6, 6.07) is 5.99. The molecule has 1 aromatic carbocycles. The summed E-state index contributed by atoms with van der Waals surface area (Å²) in [5.74, 6) is -0.337. The summed E-state index contributed by atoms with van der Waals surface area (Å²) in [6.45, 7) is 4.34. The smallest absolute Gasteiger partial charge is 0.381 e. The highest BCUT2D eigenvalue weighted by Gasteiger charge is 2.34. The molecule has 0 saturated carbocycles. The summed E-state index contributed by atoms with van der Waals surface area (Å²) in [6.07, 6.45) is 0.458. The first-order chi connectivity index (χ1) is 22.5. The van der Waals surface area contributed by atoms with Gasteiger partial charge in [0.15, 0.2) is 5.69 Å². The normalized spacial score (nSPS) is 14.0. The first kappa shape index (κ1) is 34.0. The third-order valence-electron chi connectivity index (χ3n) is 7.72. The fourth-order valence-electron chi connectivity index (χ4n) is 5.29. The van der Waals surface area contributed by atoms with Crippen molar-refractivity contribution < 1.29 is 27.5 Å². The Morgan fingerprint density at radius 2 is 1.87 bits per heavy atom. The largest absolute Gasteiger partial charge is 0.434 e. The number of pyridine rings is 2. The van der Waals surface area contributed by atoms with E-state index in [-0.39, 0.29) is 22.4 Å². The number of hydrogen-bond acceptors (Lipinski definition) is 8. The molecule has 3 aromatic heterocycles. The zero-order chi connectivity index (χ0) is 33.7. The lowest BCUT2D eigenvalue weighted by Crippen LogP contribution is -2.35. The molecule has 0 aliphatic carbocycles. The predicted molar refractivity (Wildman–Crippen MR) is 175 cm³/mol. The molecule has 15 heteroatoms. The molecule has 11 nitrogen and oxygen atoms in total. The maximum absolute atomic E-state index is 13.7. The van der Waals surface area contributed by atoms with E-state index < -0.39 is 29.2 Å². The molecular weight excluding hydrogens is 635 g/mol. The molecule has 4 heterocycles. The number of aromatic nitrogens is 3. The van der Waals surface area contributed by atoms with Crippen LogP contribution in [0.2, 0.25) is 0 Å². The second-order valence-corrected chi connectivity index (χ2v) is 12.3. The van der Waals surface area contributed by atoms with Gasteiger partial charge in [0.25, 0.3) is 5.91 Å². The minimum absolute atomic E-state index is 0.0251. The molecule has 1 fully saturated rings. The first-order valence-electron chi connectivity index (χ1n) is 15.2. The van der Waals surface area contributed by atoms with Crippen LogP contribution in [0, 0.1) is 0 Å². The number of carbonyl (C=O) groups is 2. The summed E-state index contributed by atoms with van der Waals surface area (Å²) in [5, 5.41) is 9.48. The zero-order valence-corrected chi connectivity index (χ0v) is 27.1. The predicted octanol–water partition coefficient (Wildman–Crippen LogP) is 5.38. The summed E-state index contributed by atoms with van der Waals surface area (Å²) >= 11 is 0.821. The quantitative estimate of drug-likeness (QED) is 0.206. The van der Waals surface area contributed by atoms with E-state index in [1.54, 1.807) is 24.4 Å². The van der Waals surface area contributed by atoms with Gasteiger partial charge in [-0.1, -0.05) is 13.0 Å². The Labute approximate surface area is 273 Å². The number of hydrogen-bond donors (Lipinski definition) is 3. The molecule has 1 saturated heterocycles. The number of anilines is 1. The third kappa shape index (κ3) is 7.97. The lowest BCUT2D eigenvalue weighted by Gasteiger charge is -2.27. The zero-order valence-electron chi connectivity index (χ0n) is 26.2. The number of halogens is 3. The Kier molecular flexibility index (Phi) is 10.6. The number of rotatable bonds is 10. The van der Waals surface area contributed by atoms with Gasteiger partial charge in [-0.2, -0.15) is 13.2 Å². The SMILES string of the molecule is CCCNC(=O)Nc1cc(-c2nc(C(F)(F)F)cs2)c(-c2ccc3c(=O)c(C(=O)NCCN(C)C)cn(C4CCOCC4)c3c2)cn1. The van der Waals surface area contributed by atoms with Crippen molar-refractivity contribution in [1.82, 2.24) is 30.1 Å². The van der Waals surface area contributed by atoms with Gasteiger partial charge in [0.1, 0.15) is 16.4 Å². The summed E-state index contributed by atoms with van der Waals surface area (Å²) in [4.78, 5) is 49.3. The minimum Gasteiger partial charge on any atom is -0.381 e. The van der Waals surface area contributed by atoms with Crippen molar-refractivity contribution in [3.05, 3.63) is 63.5 Å². The van der Waals surface area contributed by atoms with Gasteiger partial charge >= 0.3 is 12.2 Å². The van der Waals surface area contributed by atoms with Crippen LogP contribution in [0.1, 0.15) is 48.3 Å². The monoisotopic (exact) mass is 671 g/mol. The highest BCUT2D eigenvalue weighted by atomic mass is 32.1. The van der Waals surface area contributed by atoms with Gasteiger partial charge in [0.05, 0.1) is 5.52 Å². The van der Waals surface area contributed by atoms with Crippen LogP contribution < -0.4 is 21.4 Å². The second kappa shape index (κ2) is 14.6. The fourth-order valence-corrected chi connectivity index (χ4v) is 6.15. The van der Waals surface area contributed by atoms with Crippen LogP contribution in [0.3, 0.4) is 0 Å². The molecular formula is C32H36F3N7O4S. The van der Waals surface area contributed by atoms with Crippen LogP contribution >= 0.6 is 11.3 Å². The van der Waals surface area contributed by atoms with E-state index in [9.17, 15) is 27.6 Å². The molecule has 4 aromatic rings. The second-order valence-electron chi connectivity index (χ2n) is 11.4. The number of amides is 3. The summed E-state index contributed by atoms with van der Waals surface area (Å²) in [7, 11) is 3.77. The van der Waals surface area contributed by atoms with Crippen molar-refractivity contribution in [3.63, 3.8) is 0 Å². The van der Waals surface area contributed by atoms with Crippen molar-refractivity contribution in [2.24, 2.45) is 0 Å². The number of ether oxygens (including phenoxy) is 1. The number of carbonyl (C=O) groups excluding carboxylic acids is 2.